The first-order valence-electron chi connectivity index (χ1n) is 3.71. The van der Waals surface area contributed by atoms with E-state index in [0.29, 0.717) is 13.2 Å². The van der Waals surface area contributed by atoms with Gasteiger partial charge in [-0.25, -0.2) is 0 Å². The normalized spacial score (nSPS) is 10.8. The molecule has 0 radical (unpaired) electrons. The molecule has 0 unspecified atom stereocenters. The van der Waals surface area contributed by atoms with E-state index in [1.165, 1.54) is 10.4 Å². The van der Waals surface area contributed by atoms with Gasteiger partial charge in [0.25, 0.3) is 0 Å². The van der Waals surface area contributed by atoms with Gasteiger partial charge in [-0.1, -0.05) is 0 Å². The van der Waals surface area contributed by atoms with Crippen molar-refractivity contribution in [3.05, 3.63) is 0 Å². The third kappa shape index (κ3) is 6.60. The summed E-state index contributed by atoms with van der Waals surface area (Å²) in [5, 5.41) is 19.5. The standard InChI is InChI=1S/C7H17AsO2/c1-8(4-2-6-9)5-3-7-10/h9-10H,2-7H2,1H3. The Morgan fingerprint density at radius 2 is 1.40 bits per heavy atom. The van der Waals surface area contributed by atoms with Crippen LogP contribution in [0.3, 0.4) is 0 Å². The summed E-state index contributed by atoms with van der Waals surface area (Å²) < 4.78 is 0. The molecular formula is C7H17AsO2. The fraction of sp³-hybridized carbons (Fsp3) is 1.00. The summed E-state index contributed by atoms with van der Waals surface area (Å²) >= 11 is -0.618. The number of aliphatic hydroxyl groups is 2. The van der Waals surface area contributed by atoms with Gasteiger partial charge in [0.05, 0.1) is 0 Å². The van der Waals surface area contributed by atoms with Crippen LogP contribution in [0.25, 0.3) is 0 Å². The summed E-state index contributed by atoms with van der Waals surface area (Å²) in [5.74, 6) is 0. The van der Waals surface area contributed by atoms with Crippen molar-refractivity contribution < 1.29 is 10.2 Å². The molecular weight excluding hydrogens is 191 g/mol. The molecule has 0 saturated heterocycles. The van der Waals surface area contributed by atoms with E-state index in [2.05, 4.69) is 5.71 Å². The van der Waals surface area contributed by atoms with Crippen molar-refractivity contribution in [1.29, 1.82) is 0 Å². The maximum atomic E-state index is 8.51. The maximum absolute atomic E-state index is 8.51. The molecule has 0 atom stereocenters. The molecule has 2 nitrogen and oxygen atoms in total. The summed E-state index contributed by atoms with van der Waals surface area (Å²) in [6.45, 7) is 0.663. The number of aliphatic hydroxyl groups excluding tert-OH is 2. The van der Waals surface area contributed by atoms with Crippen molar-refractivity contribution in [2.24, 2.45) is 0 Å². The van der Waals surface area contributed by atoms with Crippen molar-refractivity contribution in [1.82, 2.24) is 0 Å². The van der Waals surface area contributed by atoms with E-state index in [4.69, 9.17) is 10.2 Å². The first kappa shape index (κ1) is 10.5. The number of rotatable bonds is 6. The average Bonchev–Trinajstić information content (AvgIpc) is 1.97. The van der Waals surface area contributed by atoms with Gasteiger partial charge < -0.3 is 0 Å². The molecule has 0 aromatic carbocycles. The van der Waals surface area contributed by atoms with Gasteiger partial charge in [-0.05, 0) is 0 Å². The van der Waals surface area contributed by atoms with Crippen molar-refractivity contribution in [2.45, 2.75) is 29.0 Å². The molecule has 0 aliphatic carbocycles. The van der Waals surface area contributed by atoms with Crippen molar-refractivity contribution in [2.75, 3.05) is 13.2 Å². The van der Waals surface area contributed by atoms with Crippen LogP contribution in [0, 0.1) is 0 Å². The molecule has 0 aromatic heterocycles. The third-order valence-corrected chi connectivity index (χ3v) is 5.93. The van der Waals surface area contributed by atoms with Crippen LogP contribution >= 0.6 is 0 Å². The first-order chi connectivity index (χ1) is 4.81. The van der Waals surface area contributed by atoms with E-state index < -0.39 is 14.7 Å². The summed E-state index contributed by atoms with van der Waals surface area (Å²) in [4.78, 5) is 0. The minimum absolute atomic E-state index is 0.332. The molecule has 10 heavy (non-hydrogen) atoms. The van der Waals surface area contributed by atoms with Crippen LogP contribution in [0.1, 0.15) is 12.8 Å². The summed E-state index contributed by atoms with van der Waals surface area (Å²) in [6.07, 6.45) is 1.92. The zero-order valence-corrected chi connectivity index (χ0v) is 8.46. The monoisotopic (exact) mass is 208 g/mol. The van der Waals surface area contributed by atoms with Gasteiger partial charge in [-0.15, -0.1) is 0 Å². The fourth-order valence-corrected chi connectivity index (χ4v) is 4.12. The Kier molecular flexibility index (Phi) is 7.95. The van der Waals surface area contributed by atoms with Crippen LogP contribution < -0.4 is 0 Å². The van der Waals surface area contributed by atoms with E-state index in [1.54, 1.807) is 0 Å². The molecule has 0 spiro atoms. The Balaban J connectivity index is 3.00. The summed E-state index contributed by atoms with van der Waals surface area (Å²) in [5.41, 5.74) is 2.30. The molecule has 0 saturated carbocycles. The summed E-state index contributed by atoms with van der Waals surface area (Å²) in [6, 6.07) is 0. The Morgan fingerprint density at radius 3 is 1.70 bits per heavy atom. The second-order valence-corrected chi connectivity index (χ2v) is 7.93. The Hall–Kier alpha value is 0.478. The third-order valence-electron chi connectivity index (χ3n) is 1.40. The molecule has 3 heteroatoms. The van der Waals surface area contributed by atoms with Gasteiger partial charge in [0.2, 0.25) is 0 Å². The van der Waals surface area contributed by atoms with E-state index in [0.717, 1.165) is 12.8 Å². The van der Waals surface area contributed by atoms with Crippen LogP contribution in [0.4, 0.5) is 0 Å². The Labute approximate surface area is 67.5 Å². The van der Waals surface area contributed by atoms with Crippen LogP contribution in [0.5, 0.6) is 0 Å². The van der Waals surface area contributed by atoms with Crippen molar-refractivity contribution in [3.8, 4) is 0 Å². The molecule has 62 valence electrons. The average molecular weight is 208 g/mol. The quantitative estimate of drug-likeness (QED) is 0.636. The molecule has 0 fully saturated rings. The molecule has 0 amide bonds. The number of hydrogen-bond donors (Lipinski definition) is 2. The molecule has 2 N–H and O–H groups in total. The van der Waals surface area contributed by atoms with E-state index >= 15 is 0 Å². The van der Waals surface area contributed by atoms with Crippen LogP contribution in [0.15, 0.2) is 0 Å². The topological polar surface area (TPSA) is 40.5 Å². The van der Waals surface area contributed by atoms with E-state index in [-0.39, 0.29) is 0 Å². The Bertz CT molecular complexity index is 60.6. The van der Waals surface area contributed by atoms with Gasteiger partial charge in [-0.3, -0.25) is 0 Å². The van der Waals surface area contributed by atoms with Gasteiger partial charge >= 0.3 is 67.0 Å². The molecule has 0 aliphatic heterocycles. The second kappa shape index (κ2) is 7.58. The predicted octanol–water partition coefficient (Wildman–Crippen LogP) is 0.876. The van der Waals surface area contributed by atoms with Gasteiger partial charge in [0, 0.05) is 0 Å². The van der Waals surface area contributed by atoms with E-state index in [1.807, 2.05) is 0 Å². The molecule has 0 bridgehead atoms. The zero-order chi connectivity index (χ0) is 7.82. The summed E-state index contributed by atoms with van der Waals surface area (Å²) in [7, 11) is 0. The molecule has 0 aromatic rings. The fourth-order valence-electron chi connectivity index (χ4n) is 0.793. The van der Waals surface area contributed by atoms with Crippen LogP contribution in [-0.2, 0) is 0 Å². The first-order valence-corrected chi connectivity index (χ1v) is 8.24. The number of hydrogen-bond acceptors (Lipinski definition) is 2. The second-order valence-electron chi connectivity index (χ2n) is 2.46. The van der Waals surface area contributed by atoms with Gasteiger partial charge in [-0.2, -0.15) is 0 Å². The van der Waals surface area contributed by atoms with Gasteiger partial charge in [0.15, 0.2) is 0 Å². The van der Waals surface area contributed by atoms with Crippen LogP contribution in [-0.4, -0.2) is 38.1 Å². The Morgan fingerprint density at radius 1 is 1.00 bits per heavy atom. The SMILES string of the molecule is C[As](CCCO)CCCO. The predicted molar refractivity (Wildman–Crippen MR) is 44.6 cm³/mol. The molecule has 0 heterocycles. The zero-order valence-electron chi connectivity index (χ0n) is 6.58. The van der Waals surface area contributed by atoms with Crippen LogP contribution in [0.2, 0.25) is 16.1 Å². The van der Waals surface area contributed by atoms with Crippen molar-refractivity contribution in [3.63, 3.8) is 0 Å². The molecule has 0 rings (SSSR count). The van der Waals surface area contributed by atoms with Gasteiger partial charge in [0.1, 0.15) is 0 Å². The minimum atomic E-state index is -0.618. The van der Waals surface area contributed by atoms with Crippen molar-refractivity contribution >= 4 is 14.7 Å². The van der Waals surface area contributed by atoms with E-state index in [9.17, 15) is 0 Å². The molecule has 0 aliphatic rings.